The maximum atomic E-state index is 13.0. The van der Waals surface area contributed by atoms with Crippen molar-refractivity contribution in [3.8, 4) is 0 Å². The number of amides is 3. The number of carbonyl (C=O) groups excluding carboxylic acids is 4. The van der Waals surface area contributed by atoms with Gasteiger partial charge in [0.05, 0.1) is 11.3 Å². The van der Waals surface area contributed by atoms with E-state index in [2.05, 4.69) is 0 Å². The third kappa shape index (κ3) is 4.40. The van der Waals surface area contributed by atoms with E-state index < -0.39 is 43.0 Å². The largest absolute Gasteiger partial charge is 0.452 e. The average molecular weight is 456 g/mol. The number of carbonyl (C=O) groups is 4. The number of esters is 1. The minimum atomic E-state index is -4.58. The van der Waals surface area contributed by atoms with Gasteiger partial charge < -0.3 is 10.1 Å². The van der Waals surface area contributed by atoms with Crippen molar-refractivity contribution in [1.82, 2.24) is 5.32 Å². The molecular weight excluding hydrogens is 441 g/mol. The fourth-order valence-corrected chi connectivity index (χ4v) is 3.48. The van der Waals surface area contributed by atoms with Crippen LogP contribution >= 0.6 is 0 Å². The van der Waals surface area contributed by atoms with E-state index in [0.717, 1.165) is 10.3 Å². The zero-order valence-corrected chi connectivity index (χ0v) is 16.8. The second kappa shape index (κ2) is 8.38. The molecule has 0 atom stereocenters. The van der Waals surface area contributed by atoms with E-state index in [1.807, 2.05) is 12.1 Å². The maximum Gasteiger partial charge on any atom is 0.405 e. The molecular formula is C23H15F3N2O5. The highest BCUT2D eigenvalue weighted by Crippen LogP contribution is 2.32. The minimum absolute atomic E-state index is 0.0122. The molecule has 0 fully saturated rings. The number of ether oxygens (including phenoxy) is 1. The number of alkyl halides is 3. The van der Waals surface area contributed by atoms with Gasteiger partial charge in [-0.15, -0.1) is 0 Å². The minimum Gasteiger partial charge on any atom is -0.452 e. The average Bonchev–Trinajstić information content (AvgIpc) is 2.79. The lowest BCUT2D eigenvalue weighted by Crippen LogP contribution is -2.40. The first-order valence-corrected chi connectivity index (χ1v) is 9.67. The van der Waals surface area contributed by atoms with Crippen LogP contribution in [0.15, 0.2) is 60.7 Å². The molecule has 0 radical (unpaired) electrons. The zero-order valence-electron chi connectivity index (χ0n) is 16.8. The molecule has 1 aliphatic heterocycles. The van der Waals surface area contributed by atoms with Crippen molar-refractivity contribution in [3.05, 3.63) is 77.4 Å². The molecule has 0 unspecified atom stereocenters. The zero-order chi connectivity index (χ0) is 23.8. The molecule has 10 heteroatoms. The first-order valence-electron chi connectivity index (χ1n) is 9.67. The summed E-state index contributed by atoms with van der Waals surface area (Å²) in [5.74, 6) is -3.08. The molecule has 1 aliphatic rings. The highest BCUT2D eigenvalue weighted by molar-refractivity contribution is 6.35. The molecule has 4 rings (SSSR count). The Morgan fingerprint density at radius 1 is 0.879 bits per heavy atom. The Morgan fingerprint density at radius 2 is 1.45 bits per heavy atom. The molecule has 0 spiro atoms. The molecule has 168 valence electrons. The van der Waals surface area contributed by atoms with Crippen molar-refractivity contribution in [2.75, 3.05) is 18.1 Å². The molecule has 1 heterocycles. The number of anilines is 1. The molecule has 0 aromatic heterocycles. The normalized spacial score (nSPS) is 13.2. The second-order valence-electron chi connectivity index (χ2n) is 7.17. The number of nitrogens with zero attached hydrogens (tertiary/aromatic N) is 1. The number of hydrogen-bond acceptors (Lipinski definition) is 5. The maximum absolute atomic E-state index is 13.0. The molecule has 33 heavy (non-hydrogen) atoms. The smallest absolute Gasteiger partial charge is 0.405 e. The van der Waals surface area contributed by atoms with Gasteiger partial charge in [-0.25, -0.2) is 9.69 Å². The van der Waals surface area contributed by atoms with Gasteiger partial charge in [-0.1, -0.05) is 24.3 Å². The van der Waals surface area contributed by atoms with Gasteiger partial charge in [-0.2, -0.15) is 13.2 Å². The van der Waals surface area contributed by atoms with E-state index in [-0.39, 0.29) is 11.3 Å². The van der Waals surface area contributed by atoms with Crippen LogP contribution in [-0.4, -0.2) is 43.0 Å². The van der Waals surface area contributed by atoms with Crippen LogP contribution in [0.4, 0.5) is 18.9 Å². The summed E-state index contributed by atoms with van der Waals surface area (Å²) in [6.45, 7) is -2.42. The van der Waals surface area contributed by atoms with Gasteiger partial charge in [0.25, 0.3) is 17.7 Å². The summed E-state index contributed by atoms with van der Waals surface area (Å²) < 4.78 is 41.0. The molecule has 0 bridgehead atoms. The Labute approximate surface area is 184 Å². The number of imide groups is 1. The monoisotopic (exact) mass is 456 g/mol. The molecule has 0 saturated carbocycles. The molecule has 0 aliphatic carbocycles. The van der Waals surface area contributed by atoms with Gasteiger partial charge in [0, 0.05) is 16.5 Å². The van der Waals surface area contributed by atoms with Crippen molar-refractivity contribution in [3.63, 3.8) is 0 Å². The number of rotatable bonds is 5. The topological polar surface area (TPSA) is 92.8 Å². The van der Waals surface area contributed by atoms with Crippen LogP contribution in [-0.2, 0) is 9.53 Å². The quantitative estimate of drug-likeness (QED) is 0.469. The van der Waals surface area contributed by atoms with Crippen LogP contribution in [0.25, 0.3) is 10.8 Å². The van der Waals surface area contributed by atoms with Crippen LogP contribution in [0, 0.1) is 0 Å². The second-order valence-corrected chi connectivity index (χ2v) is 7.17. The predicted molar refractivity (Wildman–Crippen MR) is 111 cm³/mol. The van der Waals surface area contributed by atoms with Gasteiger partial charge in [0.1, 0.15) is 6.54 Å². The van der Waals surface area contributed by atoms with E-state index in [9.17, 15) is 32.3 Å². The van der Waals surface area contributed by atoms with Crippen LogP contribution < -0.4 is 10.2 Å². The van der Waals surface area contributed by atoms with Gasteiger partial charge in [-0.05, 0) is 41.8 Å². The number of halogens is 3. The number of hydrogen-bond donors (Lipinski definition) is 1. The standard InChI is InChI=1S/C23H15F3N2O5/c24-23(25,26)12-27-18(29)11-33-22(32)14-7-9-15(10-8-14)28-20(30)16-5-1-3-13-4-2-6-17(19(13)16)21(28)31/h1-10H,11-12H2,(H,27,29). The van der Waals surface area contributed by atoms with Gasteiger partial charge in [-0.3, -0.25) is 14.4 Å². The Kier molecular flexibility index (Phi) is 5.59. The van der Waals surface area contributed by atoms with Gasteiger partial charge >= 0.3 is 12.1 Å². The number of nitrogens with one attached hydrogen (secondary N) is 1. The lowest BCUT2D eigenvalue weighted by Gasteiger charge is -2.27. The van der Waals surface area contributed by atoms with E-state index in [1.54, 1.807) is 29.6 Å². The molecule has 0 saturated heterocycles. The van der Waals surface area contributed by atoms with E-state index in [0.29, 0.717) is 16.5 Å². The number of benzene rings is 3. The first-order chi connectivity index (χ1) is 15.7. The third-order valence-corrected chi connectivity index (χ3v) is 4.95. The van der Waals surface area contributed by atoms with Crippen molar-refractivity contribution in [2.24, 2.45) is 0 Å². The highest BCUT2D eigenvalue weighted by atomic mass is 19.4. The highest BCUT2D eigenvalue weighted by Gasteiger charge is 2.34. The van der Waals surface area contributed by atoms with Crippen molar-refractivity contribution < 1.29 is 37.1 Å². The van der Waals surface area contributed by atoms with Crippen LogP contribution in [0.5, 0.6) is 0 Å². The van der Waals surface area contributed by atoms with Crippen molar-refractivity contribution in [2.45, 2.75) is 6.18 Å². The Morgan fingerprint density at radius 3 is 2.00 bits per heavy atom. The molecule has 3 aromatic rings. The first kappa shape index (κ1) is 22.0. The third-order valence-electron chi connectivity index (χ3n) is 4.95. The summed E-state index contributed by atoms with van der Waals surface area (Å²) in [7, 11) is 0. The van der Waals surface area contributed by atoms with Crippen LogP contribution in [0.1, 0.15) is 31.1 Å². The van der Waals surface area contributed by atoms with Crippen LogP contribution in [0.3, 0.4) is 0 Å². The Bertz CT molecular complexity index is 1230. The fourth-order valence-electron chi connectivity index (χ4n) is 3.48. The van der Waals surface area contributed by atoms with E-state index >= 15 is 0 Å². The molecule has 3 amide bonds. The van der Waals surface area contributed by atoms with Gasteiger partial charge in [0.2, 0.25) is 0 Å². The summed E-state index contributed by atoms with van der Waals surface area (Å²) in [5, 5.41) is 2.93. The summed E-state index contributed by atoms with van der Waals surface area (Å²) in [4.78, 5) is 50.5. The Hall–Kier alpha value is -4.21. The molecule has 1 N–H and O–H groups in total. The molecule has 3 aromatic carbocycles. The van der Waals surface area contributed by atoms with Crippen molar-refractivity contribution in [1.29, 1.82) is 0 Å². The lowest BCUT2D eigenvalue weighted by molar-refractivity contribution is -0.140. The summed E-state index contributed by atoms with van der Waals surface area (Å²) >= 11 is 0. The van der Waals surface area contributed by atoms with E-state index in [1.165, 1.54) is 24.3 Å². The van der Waals surface area contributed by atoms with Crippen molar-refractivity contribution >= 4 is 40.2 Å². The molecule has 7 nitrogen and oxygen atoms in total. The predicted octanol–water partition coefficient (Wildman–Crippen LogP) is 3.48. The van der Waals surface area contributed by atoms with Crippen LogP contribution in [0.2, 0.25) is 0 Å². The summed E-state index contributed by atoms with van der Waals surface area (Å²) in [6.07, 6.45) is -4.58. The van der Waals surface area contributed by atoms with Gasteiger partial charge in [0.15, 0.2) is 6.61 Å². The van der Waals surface area contributed by atoms with E-state index in [4.69, 9.17) is 4.74 Å². The Balaban J connectivity index is 1.48. The lowest BCUT2D eigenvalue weighted by atomic mass is 9.94. The summed E-state index contributed by atoms with van der Waals surface area (Å²) in [5.41, 5.74) is 0.949. The SMILES string of the molecule is O=C(COC(=O)c1ccc(N2C(=O)c3cccc4cccc(c34)C2=O)cc1)NCC(F)(F)F. The fraction of sp³-hybridized carbons (Fsp3) is 0.130. The summed E-state index contributed by atoms with van der Waals surface area (Å²) in [6, 6.07) is 15.6.